The molecule has 1 aromatic heterocycles. The number of carboxylic acid groups (broad SMARTS) is 1. The van der Waals surface area contributed by atoms with Crippen molar-refractivity contribution in [2.45, 2.75) is 38.6 Å². The molecule has 2 N–H and O–H groups in total. The number of hydrogen-bond donors (Lipinski definition) is 2. The van der Waals surface area contributed by atoms with Gasteiger partial charge in [-0.2, -0.15) is 0 Å². The van der Waals surface area contributed by atoms with Gasteiger partial charge >= 0.3 is 5.97 Å². The first-order valence-corrected chi connectivity index (χ1v) is 9.92. The van der Waals surface area contributed by atoms with Crippen molar-refractivity contribution in [2.24, 2.45) is 5.92 Å². The second kappa shape index (κ2) is 9.80. The van der Waals surface area contributed by atoms with Gasteiger partial charge in [-0.25, -0.2) is 8.78 Å². The van der Waals surface area contributed by atoms with E-state index in [4.69, 9.17) is 4.52 Å². The number of aliphatic carboxylic acids is 1. The highest BCUT2D eigenvalue weighted by Gasteiger charge is 2.35. The van der Waals surface area contributed by atoms with Crippen LogP contribution in [0.4, 0.5) is 8.78 Å². The fourth-order valence-corrected chi connectivity index (χ4v) is 3.48. The molecule has 30 heavy (non-hydrogen) atoms. The predicted molar refractivity (Wildman–Crippen MR) is 104 cm³/mol. The summed E-state index contributed by atoms with van der Waals surface area (Å²) in [7, 11) is 0. The molecule has 0 spiro atoms. The third-order valence-corrected chi connectivity index (χ3v) is 5.16. The molecule has 2 atom stereocenters. The Bertz CT molecular complexity index is 902. The predicted octanol–water partition coefficient (Wildman–Crippen LogP) is 3.48. The van der Waals surface area contributed by atoms with Crippen LogP contribution in [0.1, 0.15) is 43.1 Å². The van der Waals surface area contributed by atoms with Gasteiger partial charge in [-0.1, -0.05) is 24.9 Å². The molecular formula is C21H24F2N3O4. The number of hydrogen-bond acceptors (Lipinski definition) is 5. The Labute approximate surface area is 173 Å². The number of carbonyl (C=O) groups excluding carboxylic acids is 1. The normalized spacial score (nSPS) is 19.6. The van der Waals surface area contributed by atoms with Gasteiger partial charge in [0.25, 0.3) is 5.91 Å². The molecule has 9 heteroatoms. The van der Waals surface area contributed by atoms with E-state index in [9.17, 15) is 23.5 Å². The number of aromatic nitrogens is 1. The average molecular weight is 420 g/mol. The lowest BCUT2D eigenvalue weighted by molar-refractivity contribution is -0.144. The Hall–Kier alpha value is -2.81. The second-order valence-corrected chi connectivity index (χ2v) is 7.33. The molecule has 2 unspecified atom stereocenters. The molecule has 0 saturated carbocycles. The fourth-order valence-electron chi connectivity index (χ4n) is 3.48. The molecule has 1 saturated heterocycles. The second-order valence-electron chi connectivity index (χ2n) is 7.33. The lowest BCUT2D eigenvalue weighted by Crippen LogP contribution is -2.53. The van der Waals surface area contributed by atoms with Crippen LogP contribution in [0.25, 0.3) is 11.3 Å². The SMILES string of the molecule is CCCC[CH]N1CCC(NC(=O)c2cc(-c3ccc(F)cc3F)on2)C(C(=O)O)C1. The molecule has 161 valence electrons. The number of likely N-dealkylation sites (tertiary alicyclic amines) is 1. The van der Waals surface area contributed by atoms with Gasteiger partial charge in [-0.15, -0.1) is 0 Å². The highest BCUT2D eigenvalue weighted by atomic mass is 19.1. The first-order chi connectivity index (χ1) is 14.4. The quantitative estimate of drug-likeness (QED) is 0.635. The fraction of sp³-hybridized carbons (Fsp3) is 0.429. The van der Waals surface area contributed by atoms with Crippen LogP contribution in [0, 0.1) is 24.1 Å². The van der Waals surface area contributed by atoms with Crippen LogP contribution in [0.15, 0.2) is 28.8 Å². The minimum Gasteiger partial charge on any atom is -0.481 e. The number of rotatable bonds is 8. The Morgan fingerprint density at radius 3 is 2.87 bits per heavy atom. The summed E-state index contributed by atoms with van der Waals surface area (Å²) in [6.45, 7) is 5.08. The zero-order chi connectivity index (χ0) is 21.7. The zero-order valence-electron chi connectivity index (χ0n) is 16.6. The molecule has 1 aliphatic rings. The molecule has 2 aromatic rings. The van der Waals surface area contributed by atoms with E-state index in [1.54, 1.807) is 0 Å². The third kappa shape index (κ3) is 5.21. The van der Waals surface area contributed by atoms with Gasteiger partial charge in [-0.05, 0) is 25.0 Å². The van der Waals surface area contributed by atoms with E-state index in [1.807, 2.05) is 11.4 Å². The first-order valence-electron chi connectivity index (χ1n) is 9.92. The maximum atomic E-state index is 13.9. The van der Waals surface area contributed by atoms with E-state index < -0.39 is 35.5 Å². The van der Waals surface area contributed by atoms with Crippen molar-refractivity contribution in [3.63, 3.8) is 0 Å². The van der Waals surface area contributed by atoms with Gasteiger partial charge < -0.3 is 14.9 Å². The summed E-state index contributed by atoms with van der Waals surface area (Å²) in [4.78, 5) is 26.3. The Kier molecular flexibility index (Phi) is 7.15. The van der Waals surface area contributed by atoms with Crippen LogP contribution < -0.4 is 5.32 Å². The molecule has 7 nitrogen and oxygen atoms in total. The van der Waals surface area contributed by atoms with Crippen LogP contribution in [-0.4, -0.2) is 46.2 Å². The van der Waals surface area contributed by atoms with E-state index in [0.717, 1.165) is 25.3 Å². The minimum absolute atomic E-state index is 0.0206. The molecule has 1 fully saturated rings. The van der Waals surface area contributed by atoms with Gasteiger partial charge in [0, 0.05) is 37.8 Å². The number of amides is 1. The van der Waals surface area contributed by atoms with Crippen molar-refractivity contribution in [2.75, 3.05) is 13.1 Å². The number of benzene rings is 1. The van der Waals surface area contributed by atoms with Crippen molar-refractivity contribution >= 4 is 11.9 Å². The van der Waals surface area contributed by atoms with Crippen molar-refractivity contribution in [3.05, 3.63) is 48.1 Å². The monoisotopic (exact) mass is 420 g/mol. The summed E-state index contributed by atoms with van der Waals surface area (Å²) in [6, 6.07) is 3.66. The smallest absolute Gasteiger partial charge is 0.309 e. The summed E-state index contributed by atoms with van der Waals surface area (Å²) < 4.78 is 32.0. The molecule has 0 bridgehead atoms. The van der Waals surface area contributed by atoms with Crippen molar-refractivity contribution in [1.82, 2.24) is 15.4 Å². The molecular weight excluding hydrogens is 396 g/mol. The van der Waals surface area contributed by atoms with Crippen molar-refractivity contribution < 1.29 is 28.0 Å². The summed E-state index contributed by atoms with van der Waals surface area (Å²) in [6.07, 6.45) is 3.47. The summed E-state index contributed by atoms with van der Waals surface area (Å²) >= 11 is 0. The summed E-state index contributed by atoms with van der Waals surface area (Å²) in [5.41, 5.74) is -0.128. The number of nitrogens with one attached hydrogen (secondary N) is 1. The van der Waals surface area contributed by atoms with Crippen LogP contribution >= 0.6 is 0 Å². The topological polar surface area (TPSA) is 95.7 Å². The number of halogens is 2. The van der Waals surface area contributed by atoms with Gasteiger partial charge in [0.1, 0.15) is 11.6 Å². The molecule has 1 aromatic carbocycles. The number of nitrogens with zero attached hydrogens (tertiary/aromatic N) is 2. The zero-order valence-corrected chi connectivity index (χ0v) is 16.6. The molecule has 0 aliphatic carbocycles. The number of carboxylic acids is 1. The van der Waals surface area contributed by atoms with Gasteiger partial charge in [0.05, 0.1) is 11.5 Å². The van der Waals surface area contributed by atoms with E-state index >= 15 is 0 Å². The summed E-state index contributed by atoms with van der Waals surface area (Å²) in [5.74, 6) is -3.94. The minimum atomic E-state index is -0.983. The van der Waals surface area contributed by atoms with Crippen LogP contribution in [-0.2, 0) is 4.79 Å². The van der Waals surface area contributed by atoms with E-state index in [0.29, 0.717) is 25.6 Å². The van der Waals surface area contributed by atoms with E-state index in [-0.39, 0.29) is 17.0 Å². The van der Waals surface area contributed by atoms with Gasteiger partial charge in [-0.3, -0.25) is 14.5 Å². The van der Waals surface area contributed by atoms with Gasteiger partial charge in [0.2, 0.25) is 0 Å². The lowest BCUT2D eigenvalue weighted by atomic mass is 9.91. The van der Waals surface area contributed by atoms with Crippen molar-refractivity contribution in [3.8, 4) is 11.3 Å². The number of piperidine rings is 1. The van der Waals surface area contributed by atoms with Gasteiger partial charge in [0.15, 0.2) is 11.5 Å². The molecule has 1 aliphatic heterocycles. The van der Waals surface area contributed by atoms with E-state index in [1.165, 1.54) is 12.1 Å². The molecule has 3 rings (SSSR count). The van der Waals surface area contributed by atoms with Crippen LogP contribution in [0.2, 0.25) is 0 Å². The Morgan fingerprint density at radius 2 is 2.17 bits per heavy atom. The largest absolute Gasteiger partial charge is 0.481 e. The molecule has 2 heterocycles. The highest BCUT2D eigenvalue weighted by molar-refractivity contribution is 5.93. The maximum absolute atomic E-state index is 13.9. The molecule has 1 amide bonds. The molecule has 1 radical (unpaired) electrons. The number of carbonyl (C=O) groups is 2. The summed E-state index contributed by atoms with van der Waals surface area (Å²) in [5, 5.41) is 15.9. The lowest BCUT2D eigenvalue weighted by Gasteiger charge is -2.36. The maximum Gasteiger partial charge on any atom is 0.309 e. The first kappa shape index (κ1) is 21.9. The number of unbranched alkanes of at least 4 members (excludes halogenated alkanes) is 2. The Morgan fingerprint density at radius 1 is 1.37 bits per heavy atom. The average Bonchev–Trinajstić information content (AvgIpc) is 3.19. The highest BCUT2D eigenvalue weighted by Crippen LogP contribution is 2.25. The standard InChI is InChI=1S/C21H24F2N3O4/c1-2-3-4-8-26-9-7-17(15(12-26)21(28)29)24-20(27)18-11-19(30-25-18)14-6-5-13(22)10-16(14)23/h5-6,8,10-11,15,17H,2-4,7,9,12H2,1H3,(H,24,27)(H,28,29). The Balaban J connectivity index is 1.65. The van der Waals surface area contributed by atoms with Crippen LogP contribution in [0.3, 0.4) is 0 Å². The van der Waals surface area contributed by atoms with Crippen LogP contribution in [0.5, 0.6) is 0 Å². The van der Waals surface area contributed by atoms with E-state index in [2.05, 4.69) is 17.4 Å². The third-order valence-electron chi connectivity index (χ3n) is 5.16. The van der Waals surface area contributed by atoms with Crippen molar-refractivity contribution in [1.29, 1.82) is 0 Å².